The van der Waals surface area contributed by atoms with Gasteiger partial charge >= 0.3 is 0 Å². The fourth-order valence-corrected chi connectivity index (χ4v) is 1.39. The second-order valence-electron chi connectivity index (χ2n) is 3.81. The molecule has 0 aromatic rings. The van der Waals surface area contributed by atoms with E-state index in [1.807, 2.05) is 0 Å². The van der Waals surface area contributed by atoms with Crippen LogP contribution in [-0.4, -0.2) is 5.88 Å². The van der Waals surface area contributed by atoms with Crippen LogP contribution in [0.5, 0.6) is 0 Å². The summed E-state index contributed by atoms with van der Waals surface area (Å²) in [7, 11) is 0. The van der Waals surface area contributed by atoms with Crippen LogP contribution < -0.4 is 0 Å². The highest BCUT2D eigenvalue weighted by molar-refractivity contribution is 6.17. The molecule has 0 nitrogen and oxygen atoms in total. The maximum Gasteiger partial charge on any atom is 0.0223 e. The quantitative estimate of drug-likeness (QED) is 0.359. The molecule has 0 aromatic heterocycles. The fraction of sp³-hybridized carbons (Fsp3) is 1.00. The lowest BCUT2D eigenvalue weighted by atomic mass is 10.2. The minimum Gasteiger partial charge on any atom is -0.127 e. The Kier molecular flexibility index (Phi) is 22.6. The lowest BCUT2D eigenvalue weighted by Gasteiger charge is -1.93. The van der Waals surface area contributed by atoms with Gasteiger partial charge in [0.25, 0.3) is 0 Å². The van der Waals surface area contributed by atoms with E-state index in [1.165, 1.54) is 57.8 Å². The average Bonchev–Trinajstić information content (AvgIpc) is 2.22. The third-order valence-corrected chi connectivity index (χ3v) is 2.46. The minimum atomic E-state index is 0.837. The van der Waals surface area contributed by atoms with E-state index in [9.17, 15) is 0 Å². The lowest BCUT2D eigenvalue weighted by molar-refractivity contribution is 0.658. The summed E-state index contributed by atoms with van der Waals surface area (Å²) in [5.74, 6) is 0.837. The molecule has 0 atom stereocenters. The second kappa shape index (κ2) is 19.0. The molecule has 0 radical (unpaired) electrons. The highest BCUT2D eigenvalue weighted by Gasteiger charge is 1.84. The van der Waals surface area contributed by atoms with Crippen LogP contribution in [0, 0.1) is 0 Å². The van der Waals surface area contributed by atoms with Crippen LogP contribution in [0.25, 0.3) is 0 Å². The van der Waals surface area contributed by atoms with Gasteiger partial charge in [-0.05, 0) is 6.42 Å². The third-order valence-electron chi connectivity index (χ3n) is 2.19. The highest BCUT2D eigenvalue weighted by atomic mass is 35.5. The summed E-state index contributed by atoms with van der Waals surface area (Å²) in [5, 5.41) is 0. The number of hydrogen-bond donors (Lipinski definition) is 0. The van der Waals surface area contributed by atoms with Crippen LogP contribution in [0.4, 0.5) is 0 Å². The summed E-state index contributed by atoms with van der Waals surface area (Å²) >= 11 is 5.48. The first-order valence-corrected chi connectivity index (χ1v) is 6.92. The summed E-state index contributed by atoms with van der Waals surface area (Å²) in [6.07, 6.45) is 12.1. The Morgan fingerprint density at radius 3 is 1.29 bits per heavy atom. The summed E-state index contributed by atoms with van der Waals surface area (Å²) in [6.45, 7) is 6.69. The Bertz CT molecular complexity index is 61.6. The number of alkyl halides is 1. The van der Waals surface area contributed by atoms with Gasteiger partial charge in [0.1, 0.15) is 0 Å². The monoisotopic (exact) mass is 220 g/mol. The van der Waals surface area contributed by atoms with Gasteiger partial charge in [0.15, 0.2) is 0 Å². The largest absolute Gasteiger partial charge is 0.127 e. The molecule has 0 rings (SSSR count). The minimum absolute atomic E-state index is 0.837. The summed E-state index contributed by atoms with van der Waals surface area (Å²) in [6, 6.07) is 0. The molecule has 88 valence electrons. The standard InChI is InChI=1S/C7H15Cl.C6H14/c1-2-3-4-5-6-7-8;1-3-5-6-4-2/h2-7H2,1H3;3-6H2,1-2H3. The smallest absolute Gasteiger partial charge is 0.0223 e. The molecule has 0 fully saturated rings. The fourth-order valence-electron chi connectivity index (χ4n) is 1.20. The Labute approximate surface area is 96.4 Å². The molecule has 0 saturated carbocycles. The molecule has 0 spiro atoms. The van der Waals surface area contributed by atoms with E-state index in [-0.39, 0.29) is 0 Å². The van der Waals surface area contributed by atoms with Crippen LogP contribution in [0.1, 0.15) is 78.6 Å². The van der Waals surface area contributed by atoms with E-state index in [0.717, 1.165) is 5.88 Å². The van der Waals surface area contributed by atoms with E-state index in [2.05, 4.69) is 20.8 Å². The first-order valence-electron chi connectivity index (χ1n) is 6.39. The third kappa shape index (κ3) is 22.8. The lowest BCUT2D eigenvalue weighted by Crippen LogP contribution is -1.76. The van der Waals surface area contributed by atoms with Crippen molar-refractivity contribution in [2.45, 2.75) is 78.6 Å². The van der Waals surface area contributed by atoms with Gasteiger partial charge in [-0.2, -0.15) is 0 Å². The zero-order valence-corrected chi connectivity index (χ0v) is 11.2. The maximum atomic E-state index is 5.48. The topological polar surface area (TPSA) is 0 Å². The number of halogens is 1. The second-order valence-corrected chi connectivity index (χ2v) is 4.19. The molecule has 0 unspecified atom stereocenters. The van der Waals surface area contributed by atoms with Crippen molar-refractivity contribution in [3.05, 3.63) is 0 Å². The van der Waals surface area contributed by atoms with Gasteiger partial charge in [-0.1, -0.05) is 72.1 Å². The van der Waals surface area contributed by atoms with Crippen LogP contribution >= 0.6 is 11.6 Å². The van der Waals surface area contributed by atoms with Crippen molar-refractivity contribution in [2.24, 2.45) is 0 Å². The predicted molar refractivity (Wildman–Crippen MR) is 69.3 cm³/mol. The zero-order valence-electron chi connectivity index (χ0n) is 10.4. The molecule has 1 heteroatoms. The van der Waals surface area contributed by atoms with E-state index in [4.69, 9.17) is 11.6 Å². The predicted octanol–water partition coefficient (Wildman–Crippen LogP) is 5.78. The van der Waals surface area contributed by atoms with Crippen molar-refractivity contribution in [2.75, 3.05) is 5.88 Å². The van der Waals surface area contributed by atoms with E-state index >= 15 is 0 Å². The van der Waals surface area contributed by atoms with Crippen LogP contribution in [0.15, 0.2) is 0 Å². The van der Waals surface area contributed by atoms with Crippen LogP contribution in [-0.2, 0) is 0 Å². The van der Waals surface area contributed by atoms with Crippen molar-refractivity contribution >= 4 is 11.6 Å². The summed E-state index contributed by atoms with van der Waals surface area (Å²) < 4.78 is 0. The molecular weight excluding hydrogens is 192 g/mol. The van der Waals surface area contributed by atoms with Gasteiger partial charge in [0, 0.05) is 5.88 Å². The number of unbranched alkanes of at least 4 members (excludes halogenated alkanes) is 7. The van der Waals surface area contributed by atoms with Gasteiger partial charge in [-0.3, -0.25) is 0 Å². The van der Waals surface area contributed by atoms with E-state index in [1.54, 1.807) is 0 Å². The van der Waals surface area contributed by atoms with Gasteiger partial charge in [-0.25, -0.2) is 0 Å². The molecule has 0 amide bonds. The summed E-state index contributed by atoms with van der Waals surface area (Å²) in [5.41, 5.74) is 0. The van der Waals surface area contributed by atoms with Crippen molar-refractivity contribution in [1.29, 1.82) is 0 Å². The van der Waals surface area contributed by atoms with Crippen molar-refractivity contribution in [3.63, 3.8) is 0 Å². The number of hydrogen-bond acceptors (Lipinski definition) is 0. The van der Waals surface area contributed by atoms with Gasteiger partial charge < -0.3 is 0 Å². The maximum absolute atomic E-state index is 5.48. The number of rotatable bonds is 8. The molecule has 0 saturated heterocycles. The Hall–Kier alpha value is 0.290. The van der Waals surface area contributed by atoms with Gasteiger partial charge in [-0.15, -0.1) is 11.6 Å². The van der Waals surface area contributed by atoms with Gasteiger partial charge in [0.2, 0.25) is 0 Å². The van der Waals surface area contributed by atoms with E-state index in [0.29, 0.717) is 0 Å². The molecule has 14 heavy (non-hydrogen) atoms. The zero-order chi connectivity index (χ0) is 11.1. The first-order chi connectivity index (χ1) is 6.83. The highest BCUT2D eigenvalue weighted by Crippen LogP contribution is 2.02. The Morgan fingerprint density at radius 1 is 0.571 bits per heavy atom. The molecule has 0 aliphatic rings. The summed E-state index contributed by atoms with van der Waals surface area (Å²) in [4.78, 5) is 0. The van der Waals surface area contributed by atoms with Gasteiger partial charge in [0.05, 0.1) is 0 Å². The molecule has 0 bridgehead atoms. The molecular formula is C13H29Cl. The SMILES string of the molecule is CCCCCC.CCCCCCCCl. The van der Waals surface area contributed by atoms with Crippen LogP contribution in [0.2, 0.25) is 0 Å². The first kappa shape index (κ1) is 16.7. The average molecular weight is 221 g/mol. The molecule has 0 aliphatic heterocycles. The van der Waals surface area contributed by atoms with Crippen molar-refractivity contribution in [1.82, 2.24) is 0 Å². The molecule has 0 aliphatic carbocycles. The Balaban J connectivity index is 0. The molecule has 0 N–H and O–H groups in total. The molecule has 0 heterocycles. The normalized spacial score (nSPS) is 9.43. The van der Waals surface area contributed by atoms with Crippen LogP contribution in [0.3, 0.4) is 0 Å². The Morgan fingerprint density at radius 2 is 0.929 bits per heavy atom. The van der Waals surface area contributed by atoms with Crippen molar-refractivity contribution < 1.29 is 0 Å². The van der Waals surface area contributed by atoms with Crippen molar-refractivity contribution in [3.8, 4) is 0 Å². The van der Waals surface area contributed by atoms with E-state index < -0.39 is 0 Å². The molecule has 0 aromatic carbocycles.